The van der Waals surface area contributed by atoms with Gasteiger partial charge >= 0.3 is 6.61 Å². The fourth-order valence-corrected chi connectivity index (χ4v) is 3.85. The minimum Gasteiger partial charge on any atom is -0.433 e. The van der Waals surface area contributed by atoms with Crippen molar-refractivity contribution in [2.75, 3.05) is 20.1 Å². The minimum absolute atomic E-state index is 0.0523. The Hall–Kier alpha value is -0.960. The molecule has 1 aliphatic rings. The van der Waals surface area contributed by atoms with Gasteiger partial charge in [0.1, 0.15) is 5.75 Å². The van der Waals surface area contributed by atoms with Crippen LogP contribution in [-0.4, -0.2) is 45.5 Å². The first-order chi connectivity index (χ1) is 9.82. The van der Waals surface area contributed by atoms with Crippen molar-refractivity contribution in [3.8, 4) is 5.75 Å². The molecule has 0 saturated carbocycles. The molecule has 9 heteroatoms. The summed E-state index contributed by atoms with van der Waals surface area (Å²) in [6.07, 6.45) is 0.718. The van der Waals surface area contributed by atoms with Gasteiger partial charge in [0.2, 0.25) is 10.0 Å². The van der Waals surface area contributed by atoms with Gasteiger partial charge in [0.15, 0.2) is 0 Å². The summed E-state index contributed by atoms with van der Waals surface area (Å²) in [6, 6.07) is 3.32. The van der Waals surface area contributed by atoms with Crippen LogP contribution in [0.2, 0.25) is 5.02 Å². The number of benzene rings is 1. The first-order valence-corrected chi connectivity index (χ1v) is 8.07. The van der Waals surface area contributed by atoms with E-state index in [0.717, 1.165) is 25.1 Å². The first-order valence-electron chi connectivity index (χ1n) is 6.25. The first kappa shape index (κ1) is 16.4. The van der Waals surface area contributed by atoms with E-state index in [1.165, 1.54) is 17.4 Å². The molecule has 1 fully saturated rings. The zero-order valence-electron chi connectivity index (χ0n) is 11.2. The molecular weight excluding hydrogens is 326 g/mol. The van der Waals surface area contributed by atoms with Crippen LogP contribution >= 0.6 is 11.6 Å². The van der Waals surface area contributed by atoms with Crippen molar-refractivity contribution in [3.05, 3.63) is 23.2 Å². The van der Waals surface area contributed by atoms with Crippen LogP contribution in [0, 0.1) is 0 Å². The molecule has 0 aromatic heterocycles. The lowest BCUT2D eigenvalue weighted by Gasteiger charge is -2.23. The number of hydrogen-bond acceptors (Lipinski definition) is 4. The van der Waals surface area contributed by atoms with E-state index in [0.29, 0.717) is 6.54 Å². The van der Waals surface area contributed by atoms with Crippen LogP contribution in [0.1, 0.15) is 6.42 Å². The summed E-state index contributed by atoms with van der Waals surface area (Å²) in [7, 11) is -2.23. The Morgan fingerprint density at radius 1 is 1.48 bits per heavy atom. The van der Waals surface area contributed by atoms with Crippen LogP contribution in [0.5, 0.6) is 5.75 Å². The number of ether oxygens (including phenoxy) is 1. The molecule has 0 radical (unpaired) electrons. The third-order valence-corrected chi connectivity index (χ3v) is 5.55. The highest BCUT2D eigenvalue weighted by Crippen LogP contribution is 2.30. The fourth-order valence-electron chi connectivity index (χ4n) is 2.15. The molecule has 21 heavy (non-hydrogen) atoms. The quantitative estimate of drug-likeness (QED) is 0.889. The Labute approximate surface area is 126 Å². The Balaban J connectivity index is 2.25. The normalized spacial score (nSPS) is 19.4. The second-order valence-electron chi connectivity index (χ2n) is 4.64. The molecule has 1 saturated heterocycles. The fraction of sp³-hybridized carbons (Fsp3) is 0.500. The molecule has 0 spiro atoms. The highest BCUT2D eigenvalue weighted by Gasteiger charge is 2.30. The van der Waals surface area contributed by atoms with Crippen molar-refractivity contribution in [3.63, 3.8) is 0 Å². The number of likely N-dealkylation sites (N-methyl/N-ethyl adjacent to an activating group) is 1. The largest absolute Gasteiger partial charge is 0.433 e. The Bertz CT molecular complexity index is 607. The maximum absolute atomic E-state index is 12.5. The Morgan fingerprint density at radius 2 is 2.19 bits per heavy atom. The van der Waals surface area contributed by atoms with Gasteiger partial charge in [-0.2, -0.15) is 13.1 Å². The lowest BCUT2D eigenvalue weighted by atomic mass is 10.3. The van der Waals surface area contributed by atoms with Crippen molar-refractivity contribution in [1.82, 2.24) is 9.62 Å². The van der Waals surface area contributed by atoms with Crippen LogP contribution in [-0.2, 0) is 10.0 Å². The summed E-state index contributed by atoms with van der Waals surface area (Å²) < 4.78 is 54.7. The van der Waals surface area contributed by atoms with Crippen molar-refractivity contribution in [1.29, 1.82) is 0 Å². The molecule has 1 heterocycles. The average Bonchev–Trinajstić information content (AvgIpc) is 2.93. The van der Waals surface area contributed by atoms with Gasteiger partial charge in [-0.1, -0.05) is 11.6 Å². The third kappa shape index (κ3) is 3.63. The van der Waals surface area contributed by atoms with Gasteiger partial charge < -0.3 is 10.1 Å². The maximum atomic E-state index is 12.5. The molecule has 0 amide bonds. The SMILES string of the molecule is CN(C1CCNC1)S(=O)(=O)c1ccc(OC(F)F)c(Cl)c1. The molecule has 1 atom stereocenters. The number of sulfonamides is 1. The van der Waals surface area contributed by atoms with Gasteiger partial charge in [-0.3, -0.25) is 0 Å². The minimum atomic E-state index is -3.72. The van der Waals surface area contributed by atoms with Crippen LogP contribution in [0.15, 0.2) is 23.1 Å². The summed E-state index contributed by atoms with van der Waals surface area (Å²) >= 11 is 5.79. The zero-order chi connectivity index (χ0) is 15.6. The number of rotatable bonds is 5. The van der Waals surface area contributed by atoms with E-state index in [2.05, 4.69) is 10.1 Å². The molecule has 0 aliphatic carbocycles. The van der Waals surface area contributed by atoms with Crippen LogP contribution in [0.25, 0.3) is 0 Å². The van der Waals surface area contributed by atoms with Gasteiger partial charge in [0.25, 0.3) is 0 Å². The molecule has 1 unspecified atom stereocenters. The number of alkyl halides is 2. The predicted octanol–water partition coefficient (Wildman–Crippen LogP) is 1.92. The average molecular weight is 341 g/mol. The maximum Gasteiger partial charge on any atom is 0.387 e. The van der Waals surface area contributed by atoms with Crippen molar-refractivity contribution in [2.45, 2.75) is 24.0 Å². The molecule has 118 valence electrons. The van der Waals surface area contributed by atoms with Crippen molar-refractivity contribution < 1.29 is 21.9 Å². The van der Waals surface area contributed by atoms with Gasteiger partial charge in [0.05, 0.1) is 9.92 Å². The predicted molar refractivity (Wildman–Crippen MR) is 74.3 cm³/mol. The van der Waals surface area contributed by atoms with E-state index >= 15 is 0 Å². The van der Waals surface area contributed by atoms with Crippen LogP contribution < -0.4 is 10.1 Å². The van der Waals surface area contributed by atoms with Crippen LogP contribution in [0.3, 0.4) is 0 Å². The molecule has 1 aliphatic heterocycles. The van der Waals surface area contributed by atoms with Gasteiger partial charge in [-0.25, -0.2) is 8.42 Å². The van der Waals surface area contributed by atoms with Crippen molar-refractivity contribution in [2.24, 2.45) is 0 Å². The number of hydrogen-bond donors (Lipinski definition) is 1. The van der Waals surface area contributed by atoms with E-state index in [1.54, 1.807) is 0 Å². The molecule has 2 rings (SSSR count). The highest BCUT2D eigenvalue weighted by atomic mass is 35.5. The Kier molecular flexibility index (Phi) is 5.03. The van der Waals surface area contributed by atoms with Gasteiger partial charge in [-0.05, 0) is 31.2 Å². The molecule has 1 aromatic carbocycles. The van der Waals surface area contributed by atoms with Crippen molar-refractivity contribution >= 4 is 21.6 Å². The zero-order valence-corrected chi connectivity index (χ0v) is 12.8. The lowest BCUT2D eigenvalue weighted by molar-refractivity contribution is -0.0498. The topological polar surface area (TPSA) is 58.6 Å². The summed E-state index contributed by atoms with van der Waals surface area (Å²) in [5.74, 6) is -0.254. The highest BCUT2D eigenvalue weighted by molar-refractivity contribution is 7.89. The summed E-state index contributed by atoms with van der Waals surface area (Å²) in [6.45, 7) is -1.68. The number of nitrogens with zero attached hydrogens (tertiary/aromatic N) is 1. The second kappa shape index (κ2) is 6.43. The molecule has 1 aromatic rings. The van der Waals surface area contributed by atoms with E-state index in [9.17, 15) is 17.2 Å². The van der Waals surface area contributed by atoms with E-state index in [1.807, 2.05) is 0 Å². The smallest absolute Gasteiger partial charge is 0.387 e. The van der Waals surface area contributed by atoms with E-state index in [-0.39, 0.29) is 21.7 Å². The summed E-state index contributed by atoms with van der Waals surface area (Å²) in [4.78, 5) is -0.0523. The van der Waals surface area contributed by atoms with E-state index < -0.39 is 16.6 Å². The van der Waals surface area contributed by atoms with Gasteiger partial charge in [-0.15, -0.1) is 0 Å². The number of nitrogens with one attached hydrogen (secondary N) is 1. The Morgan fingerprint density at radius 3 is 2.71 bits per heavy atom. The standard InChI is InChI=1S/C12H15ClF2N2O3S/c1-17(8-4-5-16-7-8)21(18,19)9-2-3-11(10(13)6-9)20-12(14)15/h2-3,6,8,12,16H,4-5,7H2,1H3. The summed E-state index contributed by atoms with van der Waals surface area (Å²) in [5.41, 5.74) is 0. The van der Waals surface area contributed by atoms with Crippen LogP contribution in [0.4, 0.5) is 8.78 Å². The molecule has 0 bridgehead atoms. The molecule has 5 nitrogen and oxygen atoms in total. The molecule has 1 N–H and O–H groups in total. The monoisotopic (exact) mass is 340 g/mol. The van der Waals surface area contributed by atoms with Gasteiger partial charge in [0, 0.05) is 19.6 Å². The second-order valence-corrected chi connectivity index (χ2v) is 7.04. The number of halogens is 3. The lowest BCUT2D eigenvalue weighted by Crippen LogP contribution is -2.38. The summed E-state index contributed by atoms with van der Waals surface area (Å²) in [5, 5.41) is 2.91. The third-order valence-electron chi connectivity index (χ3n) is 3.34. The molecular formula is C12H15ClF2N2O3S. The van der Waals surface area contributed by atoms with E-state index in [4.69, 9.17) is 11.6 Å².